The lowest BCUT2D eigenvalue weighted by Gasteiger charge is -2.09. The lowest BCUT2D eigenvalue weighted by Crippen LogP contribution is -2.15. The monoisotopic (exact) mass is 250 g/mol. The minimum atomic E-state index is 0.246. The number of hydrogen-bond acceptors (Lipinski definition) is 4. The Bertz CT molecular complexity index is 365. The standard InChI is InChI=1S/C14H22N2O2/c1-11(2)17-7-8-18-14-9-12(5-6-15-14)10-16-13-3-4-13/h5-6,9,11,13,16H,3-4,7-8,10H2,1-2H3. The fourth-order valence-electron chi connectivity index (χ4n) is 1.62. The van der Waals surface area contributed by atoms with Gasteiger partial charge in [0.25, 0.3) is 0 Å². The van der Waals surface area contributed by atoms with Crippen LogP contribution >= 0.6 is 0 Å². The van der Waals surface area contributed by atoms with Gasteiger partial charge in [-0.2, -0.15) is 0 Å². The largest absolute Gasteiger partial charge is 0.475 e. The highest BCUT2D eigenvalue weighted by Gasteiger charge is 2.19. The molecule has 1 fully saturated rings. The molecule has 0 aromatic carbocycles. The Hall–Kier alpha value is -1.13. The Morgan fingerprint density at radius 3 is 2.94 bits per heavy atom. The van der Waals surface area contributed by atoms with Crippen molar-refractivity contribution < 1.29 is 9.47 Å². The molecule has 4 nitrogen and oxygen atoms in total. The average Bonchev–Trinajstić information content (AvgIpc) is 3.17. The summed E-state index contributed by atoms with van der Waals surface area (Å²) in [7, 11) is 0. The van der Waals surface area contributed by atoms with Crippen LogP contribution in [0.4, 0.5) is 0 Å². The lowest BCUT2D eigenvalue weighted by molar-refractivity contribution is 0.0542. The van der Waals surface area contributed by atoms with Crippen molar-refractivity contribution in [3.63, 3.8) is 0 Å². The molecular formula is C14H22N2O2. The van der Waals surface area contributed by atoms with Crippen molar-refractivity contribution in [3.8, 4) is 5.88 Å². The lowest BCUT2D eigenvalue weighted by atomic mass is 10.2. The number of hydrogen-bond donors (Lipinski definition) is 1. The van der Waals surface area contributed by atoms with E-state index in [0.717, 1.165) is 12.6 Å². The summed E-state index contributed by atoms with van der Waals surface area (Å²) in [6.07, 6.45) is 4.65. The fourth-order valence-corrected chi connectivity index (χ4v) is 1.62. The van der Waals surface area contributed by atoms with E-state index < -0.39 is 0 Å². The highest BCUT2D eigenvalue weighted by molar-refractivity contribution is 5.20. The molecule has 4 heteroatoms. The molecule has 1 saturated carbocycles. The van der Waals surface area contributed by atoms with Crippen LogP contribution in [-0.4, -0.2) is 30.3 Å². The highest BCUT2D eigenvalue weighted by Crippen LogP contribution is 2.19. The molecule has 0 unspecified atom stereocenters. The van der Waals surface area contributed by atoms with Gasteiger partial charge in [-0.3, -0.25) is 0 Å². The second-order valence-corrected chi connectivity index (χ2v) is 4.93. The first-order valence-electron chi connectivity index (χ1n) is 6.67. The van der Waals surface area contributed by atoms with Crippen LogP contribution < -0.4 is 10.1 Å². The van der Waals surface area contributed by atoms with Crippen molar-refractivity contribution in [2.75, 3.05) is 13.2 Å². The van der Waals surface area contributed by atoms with E-state index >= 15 is 0 Å². The fraction of sp³-hybridized carbons (Fsp3) is 0.643. The molecule has 0 bridgehead atoms. The van der Waals surface area contributed by atoms with Crippen LogP contribution in [0.3, 0.4) is 0 Å². The summed E-state index contributed by atoms with van der Waals surface area (Å²) in [6, 6.07) is 4.74. The molecule has 1 heterocycles. The number of pyridine rings is 1. The van der Waals surface area contributed by atoms with E-state index in [4.69, 9.17) is 9.47 Å². The van der Waals surface area contributed by atoms with Crippen molar-refractivity contribution >= 4 is 0 Å². The maximum atomic E-state index is 5.56. The van der Waals surface area contributed by atoms with Gasteiger partial charge in [-0.1, -0.05) is 0 Å². The Kier molecular flexibility index (Phi) is 4.96. The molecule has 0 spiro atoms. The summed E-state index contributed by atoms with van der Waals surface area (Å²) in [4.78, 5) is 4.19. The Morgan fingerprint density at radius 2 is 2.22 bits per heavy atom. The van der Waals surface area contributed by atoms with E-state index in [-0.39, 0.29) is 6.10 Å². The number of rotatable bonds is 8. The van der Waals surface area contributed by atoms with Crippen LogP contribution in [0.25, 0.3) is 0 Å². The summed E-state index contributed by atoms with van der Waals surface area (Å²) >= 11 is 0. The number of nitrogens with one attached hydrogen (secondary N) is 1. The minimum Gasteiger partial charge on any atom is -0.475 e. The SMILES string of the molecule is CC(C)OCCOc1cc(CNC2CC2)ccn1. The first-order chi connectivity index (χ1) is 8.74. The zero-order valence-corrected chi connectivity index (χ0v) is 11.2. The highest BCUT2D eigenvalue weighted by atomic mass is 16.5. The van der Waals surface area contributed by atoms with Gasteiger partial charge in [-0.15, -0.1) is 0 Å². The van der Waals surface area contributed by atoms with Gasteiger partial charge in [0.05, 0.1) is 12.7 Å². The molecular weight excluding hydrogens is 228 g/mol. The van der Waals surface area contributed by atoms with Crippen molar-refractivity contribution in [2.45, 2.75) is 45.4 Å². The van der Waals surface area contributed by atoms with Crippen LogP contribution in [-0.2, 0) is 11.3 Å². The van der Waals surface area contributed by atoms with Gasteiger partial charge in [0.15, 0.2) is 0 Å². The normalized spacial score (nSPS) is 15.1. The first kappa shape index (κ1) is 13.3. The van der Waals surface area contributed by atoms with Crippen molar-refractivity contribution in [1.82, 2.24) is 10.3 Å². The summed E-state index contributed by atoms with van der Waals surface area (Å²) in [5.74, 6) is 0.678. The maximum Gasteiger partial charge on any atom is 0.213 e. The maximum absolute atomic E-state index is 5.56. The van der Waals surface area contributed by atoms with Crippen molar-refractivity contribution in [3.05, 3.63) is 23.9 Å². The summed E-state index contributed by atoms with van der Waals surface area (Å²) in [6.45, 7) is 6.07. The summed E-state index contributed by atoms with van der Waals surface area (Å²) < 4.78 is 11.0. The Labute approximate surface area is 109 Å². The number of ether oxygens (including phenoxy) is 2. The molecule has 1 aromatic heterocycles. The molecule has 1 N–H and O–H groups in total. The van der Waals surface area contributed by atoms with Gasteiger partial charge in [0.2, 0.25) is 5.88 Å². The molecule has 0 amide bonds. The molecule has 0 atom stereocenters. The van der Waals surface area contributed by atoms with Crippen LogP contribution in [0, 0.1) is 0 Å². The quantitative estimate of drug-likeness (QED) is 0.718. The van der Waals surface area contributed by atoms with Gasteiger partial charge in [0, 0.05) is 24.8 Å². The van der Waals surface area contributed by atoms with E-state index in [1.165, 1.54) is 18.4 Å². The van der Waals surface area contributed by atoms with Crippen LogP contribution in [0.15, 0.2) is 18.3 Å². The van der Waals surface area contributed by atoms with E-state index in [1.54, 1.807) is 6.20 Å². The molecule has 1 aliphatic carbocycles. The van der Waals surface area contributed by atoms with E-state index in [9.17, 15) is 0 Å². The zero-order valence-electron chi connectivity index (χ0n) is 11.2. The molecule has 0 radical (unpaired) electrons. The average molecular weight is 250 g/mol. The van der Waals surface area contributed by atoms with Crippen molar-refractivity contribution in [2.24, 2.45) is 0 Å². The Balaban J connectivity index is 1.71. The third kappa shape index (κ3) is 5.02. The molecule has 0 saturated heterocycles. The van der Waals surface area contributed by atoms with E-state index in [0.29, 0.717) is 19.1 Å². The van der Waals surface area contributed by atoms with E-state index in [1.807, 2.05) is 26.0 Å². The van der Waals surface area contributed by atoms with Gasteiger partial charge in [-0.05, 0) is 38.3 Å². The van der Waals surface area contributed by atoms with Gasteiger partial charge in [-0.25, -0.2) is 4.98 Å². The number of aromatic nitrogens is 1. The topological polar surface area (TPSA) is 43.4 Å². The van der Waals surface area contributed by atoms with Crippen LogP contribution in [0.1, 0.15) is 32.3 Å². The van der Waals surface area contributed by atoms with Gasteiger partial charge >= 0.3 is 0 Å². The third-order valence-electron chi connectivity index (χ3n) is 2.76. The van der Waals surface area contributed by atoms with E-state index in [2.05, 4.69) is 10.3 Å². The third-order valence-corrected chi connectivity index (χ3v) is 2.76. The van der Waals surface area contributed by atoms with Gasteiger partial charge in [0.1, 0.15) is 6.61 Å². The predicted molar refractivity (Wildman–Crippen MR) is 70.7 cm³/mol. The molecule has 2 rings (SSSR count). The number of nitrogens with zero attached hydrogens (tertiary/aromatic N) is 1. The van der Waals surface area contributed by atoms with Crippen molar-refractivity contribution in [1.29, 1.82) is 0 Å². The van der Waals surface area contributed by atoms with Crippen LogP contribution in [0.2, 0.25) is 0 Å². The predicted octanol–water partition coefficient (Wildman–Crippen LogP) is 2.14. The second kappa shape index (κ2) is 6.71. The minimum absolute atomic E-state index is 0.246. The molecule has 100 valence electrons. The molecule has 1 aliphatic rings. The Morgan fingerprint density at radius 1 is 1.39 bits per heavy atom. The van der Waals surface area contributed by atoms with Crippen LogP contribution in [0.5, 0.6) is 5.88 Å². The molecule has 1 aromatic rings. The smallest absolute Gasteiger partial charge is 0.213 e. The first-order valence-corrected chi connectivity index (χ1v) is 6.67. The second-order valence-electron chi connectivity index (χ2n) is 4.93. The van der Waals surface area contributed by atoms with Gasteiger partial charge < -0.3 is 14.8 Å². The molecule has 0 aliphatic heterocycles. The summed E-state index contributed by atoms with van der Waals surface area (Å²) in [5, 5.41) is 3.47. The molecule has 18 heavy (non-hydrogen) atoms. The summed E-state index contributed by atoms with van der Waals surface area (Å²) in [5.41, 5.74) is 1.22. The zero-order chi connectivity index (χ0) is 12.8.